The average Bonchev–Trinajstić information content (AvgIpc) is 3.61. The number of fused-ring (bicyclic) bond motifs is 1. The van der Waals surface area contributed by atoms with E-state index in [1.54, 1.807) is 4.68 Å². The van der Waals surface area contributed by atoms with Crippen LogP contribution in [0.3, 0.4) is 0 Å². The predicted octanol–water partition coefficient (Wildman–Crippen LogP) is 3.24. The van der Waals surface area contributed by atoms with Crippen LogP contribution in [0.25, 0.3) is 22.2 Å². The Balaban J connectivity index is 1.49. The average molecular weight is 515 g/mol. The minimum Gasteiger partial charge on any atom is -0.391 e. The van der Waals surface area contributed by atoms with E-state index < -0.39 is 23.6 Å². The Labute approximate surface area is 222 Å². The number of aromatic nitrogens is 4. The number of hydrogen-bond donors (Lipinski definition) is 2. The monoisotopic (exact) mass is 514 g/mol. The van der Waals surface area contributed by atoms with Gasteiger partial charge in [-0.05, 0) is 23.1 Å². The molecule has 0 radical (unpaired) electrons. The largest absolute Gasteiger partial charge is 0.391 e. The molecule has 0 bridgehead atoms. The molecule has 2 amide bonds. The summed E-state index contributed by atoms with van der Waals surface area (Å²) in [6.07, 6.45) is 1.29. The van der Waals surface area contributed by atoms with Crippen LogP contribution in [0.1, 0.15) is 38.9 Å². The van der Waals surface area contributed by atoms with Gasteiger partial charge in [-0.2, -0.15) is 0 Å². The van der Waals surface area contributed by atoms with Crippen LogP contribution in [0.2, 0.25) is 0 Å². The summed E-state index contributed by atoms with van der Waals surface area (Å²) in [4.78, 5) is 27.8. The number of nitrogens with zero attached hydrogens (tertiary/aromatic N) is 5. The Bertz CT molecular complexity index is 1450. The lowest BCUT2D eigenvalue weighted by atomic mass is 9.85. The number of benzene rings is 2. The van der Waals surface area contributed by atoms with Gasteiger partial charge in [-0.25, -0.2) is 4.68 Å². The summed E-state index contributed by atoms with van der Waals surface area (Å²) in [5.41, 5.74) is 3.47. The zero-order chi connectivity index (χ0) is 27.0. The maximum Gasteiger partial charge on any atom is 0.248 e. The van der Waals surface area contributed by atoms with E-state index in [0.717, 1.165) is 27.9 Å². The molecule has 4 aromatic rings. The fourth-order valence-electron chi connectivity index (χ4n) is 5.41. The van der Waals surface area contributed by atoms with Crippen molar-refractivity contribution in [3.63, 3.8) is 0 Å². The Morgan fingerprint density at radius 1 is 1.11 bits per heavy atom. The molecule has 9 heteroatoms. The molecular weight excluding hydrogens is 480 g/mol. The second-order valence-electron chi connectivity index (χ2n) is 11.0. The van der Waals surface area contributed by atoms with Gasteiger partial charge >= 0.3 is 0 Å². The van der Waals surface area contributed by atoms with Crippen molar-refractivity contribution in [1.82, 2.24) is 29.8 Å². The van der Waals surface area contributed by atoms with Crippen LogP contribution in [-0.2, 0) is 16.1 Å². The summed E-state index contributed by atoms with van der Waals surface area (Å²) in [6, 6.07) is 19.2. The Hall–Kier alpha value is -3.98. The normalized spacial score (nSPS) is 18.6. The highest BCUT2D eigenvalue weighted by Gasteiger charge is 2.45. The summed E-state index contributed by atoms with van der Waals surface area (Å²) in [5, 5.41) is 22.8. The molecule has 1 aliphatic heterocycles. The second kappa shape index (κ2) is 10.1. The standard InChI is InChI=1S/C29H34N6O3/c1-29(2,3)26(28(38)34-18-22(36)15-25(34)27(37)30-4)35-17-21(31-32-35)16-33-23-13-9-8-12-20(23)14-24(33)19-10-6-5-7-11-19/h5-14,17,22,25-26,36H,15-16,18H2,1-4H3,(H,30,37)/t22?,25-,26?/m1/s1. The minimum absolute atomic E-state index is 0.112. The maximum atomic E-state index is 13.9. The van der Waals surface area contributed by atoms with Crippen LogP contribution < -0.4 is 5.32 Å². The van der Waals surface area contributed by atoms with E-state index in [1.165, 1.54) is 11.9 Å². The third-order valence-electron chi connectivity index (χ3n) is 7.19. The number of carbonyl (C=O) groups is 2. The molecule has 1 saturated heterocycles. The number of likely N-dealkylation sites (tertiary alicyclic amines) is 1. The zero-order valence-electron chi connectivity index (χ0n) is 22.2. The van der Waals surface area contributed by atoms with Crippen molar-refractivity contribution >= 4 is 22.7 Å². The van der Waals surface area contributed by atoms with E-state index in [-0.39, 0.29) is 24.8 Å². The Morgan fingerprint density at radius 3 is 2.53 bits per heavy atom. The molecule has 0 saturated carbocycles. The highest BCUT2D eigenvalue weighted by atomic mass is 16.3. The number of carbonyl (C=O) groups excluding carboxylic acids is 2. The van der Waals surface area contributed by atoms with E-state index in [9.17, 15) is 14.7 Å². The quantitative estimate of drug-likeness (QED) is 0.411. The number of nitrogens with one attached hydrogen (secondary N) is 1. The van der Waals surface area contributed by atoms with Gasteiger partial charge in [-0.15, -0.1) is 5.10 Å². The number of hydrogen-bond acceptors (Lipinski definition) is 5. The van der Waals surface area contributed by atoms with E-state index in [0.29, 0.717) is 6.54 Å². The number of para-hydroxylation sites is 1. The van der Waals surface area contributed by atoms with Crippen molar-refractivity contribution in [3.05, 3.63) is 72.6 Å². The smallest absolute Gasteiger partial charge is 0.248 e. The molecule has 5 rings (SSSR count). The summed E-state index contributed by atoms with van der Waals surface area (Å²) < 4.78 is 3.82. The number of likely N-dealkylation sites (N-methyl/N-ethyl adjacent to an activating group) is 1. The molecule has 2 N–H and O–H groups in total. The molecule has 1 fully saturated rings. The number of amides is 2. The molecule has 198 valence electrons. The van der Waals surface area contributed by atoms with Gasteiger partial charge in [0, 0.05) is 36.6 Å². The maximum absolute atomic E-state index is 13.9. The number of rotatable bonds is 6. The molecule has 38 heavy (non-hydrogen) atoms. The van der Waals surface area contributed by atoms with Crippen molar-refractivity contribution in [2.45, 2.75) is 51.9 Å². The van der Waals surface area contributed by atoms with Crippen LogP contribution in [-0.4, -0.2) is 67.1 Å². The number of aliphatic hydroxyl groups is 1. The van der Waals surface area contributed by atoms with Crippen molar-refractivity contribution in [2.75, 3.05) is 13.6 Å². The lowest BCUT2D eigenvalue weighted by Crippen LogP contribution is -2.49. The fourth-order valence-corrected chi connectivity index (χ4v) is 5.41. The van der Waals surface area contributed by atoms with E-state index >= 15 is 0 Å². The van der Waals surface area contributed by atoms with Crippen LogP contribution in [0.4, 0.5) is 0 Å². The molecule has 3 atom stereocenters. The summed E-state index contributed by atoms with van der Waals surface area (Å²) in [7, 11) is 1.54. The van der Waals surface area contributed by atoms with Crippen molar-refractivity contribution < 1.29 is 14.7 Å². The number of aliphatic hydroxyl groups excluding tert-OH is 1. The van der Waals surface area contributed by atoms with Crippen molar-refractivity contribution in [1.29, 1.82) is 0 Å². The van der Waals surface area contributed by atoms with E-state index in [4.69, 9.17) is 0 Å². The van der Waals surface area contributed by atoms with E-state index in [2.05, 4.69) is 50.5 Å². The van der Waals surface area contributed by atoms with Crippen molar-refractivity contribution in [2.24, 2.45) is 5.41 Å². The third-order valence-corrected chi connectivity index (χ3v) is 7.19. The van der Waals surface area contributed by atoms with Gasteiger partial charge in [0.25, 0.3) is 0 Å². The third kappa shape index (κ3) is 4.81. The van der Waals surface area contributed by atoms with Gasteiger partial charge in [0.2, 0.25) is 11.8 Å². The second-order valence-corrected chi connectivity index (χ2v) is 11.0. The SMILES string of the molecule is CNC(=O)[C@H]1CC(O)CN1C(=O)C(n1cc(Cn2c(-c3ccccc3)cc3ccccc32)nn1)C(C)(C)C. The summed E-state index contributed by atoms with van der Waals surface area (Å²) >= 11 is 0. The Kier molecular flexibility index (Phi) is 6.79. The van der Waals surface area contributed by atoms with Gasteiger partial charge in [0.1, 0.15) is 17.8 Å². The van der Waals surface area contributed by atoms with Crippen LogP contribution in [0.15, 0.2) is 66.9 Å². The molecule has 0 aliphatic carbocycles. The lowest BCUT2D eigenvalue weighted by molar-refractivity contribution is -0.144. The topological polar surface area (TPSA) is 105 Å². The van der Waals surface area contributed by atoms with Gasteiger partial charge in [-0.3, -0.25) is 9.59 Å². The number of β-amino-alcohol motifs (C(OH)–C–C–N with tert-alkyl or cyclic N) is 1. The summed E-state index contributed by atoms with van der Waals surface area (Å²) in [6.45, 7) is 6.48. The molecule has 2 aromatic carbocycles. The van der Waals surface area contributed by atoms with Crippen molar-refractivity contribution in [3.8, 4) is 11.3 Å². The molecule has 3 heterocycles. The van der Waals surface area contributed by atoms with Crippen LogP contribution >= 0.6 is 0 Å². The first-order valence-electron chi connectivity index (χ1n) is 12.9. The van der Waals surface area contributed by atoms with E-state index in [1.807, 2.05) is 57.3 Å². The molecular formula is C29H34N6O3. The van der Waals surface area contributed by atoms with Gasteiger partial charge < -0.3 is 19.9 Å². The first-order chi connectivity index (χ1) is 18.2. The summed E-state index contributed by atoms with van der Waals surface area (Å²) in [5.74, 6) is -0.537. The first-order valence-corrected chi connectivity index (χ1v) is 12.9. The van der Waals surface area contributed by atoms with Gasteiger partial charge in [0.15, 0.2) is 0 Å². The van der Waals surface area contributed by atoms with Gasteiger partial charge in [-0.1, -0.05) is 74.5 Å². The Morgan fingerprint density at radius 2 is 1.82 bits per heavy atom. The minimum atomic E-state index is -0.744. The fraction of sp³-hybridized carbons (Fsp3) is 0.379. The zero-order valence-corrected chi connectivity index (χ0v) is 22.2. The molecule has 2 unspecified atom stereocenters. The molecule has 9 nitrogen and oxygen atoms in total. The predicted molar refractivity (Wildman–Crippen MR) is 145 cm³/mol. The van der Waals surface area contributed by atoms with Crippen LogP contribution in [0, 0.1) is 5.41 Å². The lowest BCUT2D eigenvalue weighted by Gasteiger charge is -2.34. The first kappa shape index (κ1) is 25.7. The highest BCUT2D eigenvalue weighted by Crippen LogP contribution is 2.35. The molecule has 1 aliphatic rings. The molecule has 2 aromatic heterocycles. The highest BCUT2D eigenvalue weighted by molar-refractivity contribution is 5.90. The van der Waals surface area contributed by atoms with Gasteiger partial charge in [0.05, 0.1) is 18.8 Å². The van der Waals surface area contributed by atoms with Crippen LogP contribution in [0.5, 0.6) is 0 Å². The molecule has 0 spiro atoms.